The first-order valence-electron chi connectivity index (χ1n) is 5.68. The molecule has 4 rings (SSSR count). The maximum Gasteiger partial charge on any atom is 0.207 e. The molecule has 1 aromatic rings. The van der Waals surface area contributed by atoms with Crippen LogP contribution in [0.25, 0.3) is 0 Å². The standard InChI is InChI=1S/C14H11ClO2/c15-12-7-10-9(8-4-2-1-3-5-8)6-11(12)14(17)13(10)16/h1-5,7,9-11H,6H2/t9-,10+,11+/m0/s1. The summed E-state index contributed by atoms with van der Waals surface area (Å²) in [4.78, 5) is 23.6. The Morgan fingerprint density at radius 3 is 2.47 bits per heavy atom. The third kappa shape index (κ3) is 1.55. The van der Waals surface area contributed by atoms with Crippen LogP contribution in [0, 0.1) is 11.8 Å². The van der Waals surface area contributed by atoms with Crippen LogP contribution in [0.4, 0.5) is 0 Å². The molecule has 0 saturated heterocycles. The van der Waals surface area contributed by atoms with Gasteiger partial charge in [0.2, 0.25) is 11.6 Å². The first-order chi connectivity index (χ1) is 8.18. The van der Waals surface area contributed by atoms with Gasteiger partial charge in [0.15, 0.2) is 0 Å². The fourth-order valence-corrected chi connectivity index (χ4v) is 3.11. The van der Waals surface area contributed by atoms with Crippen LogP contribution in [0.15, 0.2) is 41.4 Å². The number of benzene rings is 1. The normalized spacial score (nSPS) is 31.6. The van der Waals surface area contributed by atoms with Gasteiger partial charge in [0, 0.05) is 5.03 Å². The number of allylic oxidation sites excluding steroid dienone is 2. The third-order valence-electron chi connectivity index (χ3n) is 3.68. The molecule has 3 aliphatic rings. The number of halogens is 1. The van der Waals surface area contributed by atoms with Gasteiger partial charge in [-0.2, -0.15) is 0 Å². The monoisotopic (exact) mass is 246 g/mol. The molecular weight excluding hydrogens is 236 g/mol. The maximum atomic E-state index is 11.9. The molecule has 0 amide bonds. The summed E-state index contributed by atoms with van der Waals surface area (Å²) in [5.74, 6) is -1.25. The average molecular weight is 247 g/mol. The van der Waals surface area contributed by atoms with E-state index >= 15 is 0 Å². The second kappa shape index (κ2) is 3.81. The average Bonchev–Trinajstić information content (AvgIpc) is 2.36. The van der Waals surface area contributed by atoms with Crippen molar-refractivity contribution in [2.45, 2.75) is 12.3 Å². The highest BCUT2D eigenvalue weighted by molar-refractivity contribution is 6.45. The van der Waals surface area contributed by atoms with Gasteiger partial charge in [-0.15, -0.1) is 0 Å². The van der Waals surface area contributed by atoms with Gasteiger partial charge in [0.1, 0.15) is 0 Å². The first-order valence-corrected chi connectivity index (χ1v) is 6.06. The summed E-state index contributed by atoms with van der Waals surface area (Å²) in [5, 5.41) is 0.548. The number of rotatable bonds is 1. The number of carbonyl (C=O) groups excluding carboxylic acids is 2. The minimum atomic E-state index is -0.403. The van der Waals surface area contributed by atoms with Gasteiger partial charge < -0.3 is 0 Å². The molecule has 0 aliphatic heterocycles. The van der Waals surface area contributed by atoms with E-state index in [0.717, 1.165) is 5.56 Å². The molecule has 0 spiro atoms. The molecule has 1 saturated carbocycles. The van der Waals surface area contributed by atoms with Crippen LogP contribution in [0.5, 0.6) is 0 Å². The minimum absolute atomic E-state index is 0.105. The molecule has 0 unspecified atom stereocenters. The van der Waals surface area contributed by atoms with E-state index in [2.05, 4.69) is 0 Å². The smallest absolute Gasteiger partial charge is 0.207 e. The Bertz CT molecular complexity index is 518. The Morgan fingerprint density at radius 1 is 1.06 bits per heavy atom. The number of hydrogen-bond donors (Lipinski definition) is 0. The van der Waals surface area contributed by atoms with E-state index in [1.165, 1.54) is 0 Å². The Balaban J connectivity index is 2.03. The summed E-state index contributed by atoms with van der Waals surface area (Å²) in [5.41, 5.74) is 1.11. The zero-order valence-corrected chi connectivity index (χ0v) is 9.85. The van der Waals surface area contributed by atoms with E-state index in [1.54, 1.807) is 6.08 Å². The first kappa shape index (κ1) is 10.7. The van der Waals surface area contributed by atoms with Gasteiger partial charge in [0.25, 0.3) is 0 Å². The second-order valence-electron chi connectivity index (χ2n) is 4.61. The molecule has 1 aromatic carbocycles. The predicted molar refractivity (Wildman–Crippen MR) is 64.7 cm³/mol. The van der Waals surface area contributed by atoms with Crippen molar-refractivity contribution in [2.75, 3.05) is 0 Å². The van der Waals surface area contributed by atoms with Crippen LogP contribution >= 0.6 is 11.6 Å². The lowest BCUT2D eigenvalue weighted by Crippen LogP contribution is -2.43. The summed E-state index contributed by atoms with van der Waals surface area (Å²) >= 11 is 6.01. The van der Waals surface area contributed by atoms with Crippen LogP contribution < -0.4 is 0 Å². The lowest BCUT2D eigenvalue weighted by atomic mass is 9.65. The number of fused-ring (bicyclic) bond motifs is 2. The maximum absolute atomic E-state index is 11.9. The molecule has 0 N–H and O–H groups in total. The van der Waals surface area contributed by atoms with E-state index in [1.807, 2.05) is 30.3 Å². The molecule has 3 heteroatoms. The number of Topliss-reactive ketones (excluding diaryl/α,β-unsaturated/α-hetero) is 2. The van der Waals surface area contributed by atoms with E-state index in [9.17, 15) is 9.59 Å². The fourth-order valence-electron chi connectivity index (χ4n) is 2.79. The molecule has 3 atom stereocenters. The molecule has 3 aliphatic carbocycles. The highest BCUT2D eigenvalue weighted by Crippen LogP contribution is 2.46. The number of carbonyl (C=O) groups is 2. The van der Waals surface area contributed by atoms with Crippen LogP contribution in [0.3, 0.4) is 0 Å². The molecule has 17 heavy (non-hydrogen) atoms. The van der Waals surface area contributed by atoms with E-state index in [4.69, 9.17) is 11.6 Å². The zero-order valence-electron chi connectivity index (χ0n) is 9.10. The molecular formula is C14H11ClO2. The Morgan fingerprint density at radius 2 is 1.76 bits per heavy atom. The summed E-state index contributed by atoms with van der Waals surface area (Å²) in [7, 11) is 0. The van der Waals surface area contributed by atoms with E-state index < -0.39 is 5.92 Å². The van der Waals surface area contributed by atoms with E-state index in [0.29, 0.717) is 11.5 Å². The van der Waals surface area contributed by atoms with Gasteiger partial charge in [-0.05, 0) is 17.9 Å². The molecule has 2 bridgehead atoms. The van der Waals surface area contributed by atoms with Crippen molar-refractivity contribution in [3.05, 3.63) is 47.0 Å². The molecule has 0 aromatic heterocycles. The molecule has 2 nitrogen and oxygen atoms in total. The summed E-state index contributed by atoms with van der Waals surface area (Å²) < 4.78 is 0. The van der Waals surface area contributed by atoms with Crippen molar-refractivity contribution in [3.63, 3.8) is 0 Å². The second-order valence-corrected chi connectivity index (χ2v) is 5.05. The molecule has 0 radical (unpaired) electrons. The lowest BCUT2D eigenvalue weighted by Gasteiger charge is -2.37. The van der Waals surface area contributed by atoms with Crippen molar-refractivity contribution in [3.8, 4) is 0 Å². The molecule has 1 fully saturated rings. The van der Waals surface area contributed by atoms with E-state index in [-0.39, 0.29) is 23.4 Å². The van der Waals surface area contributed by atoms with Crippen molar-refractivity contribution >= 4 is 23.2 Å². The Kier molecular flexibility index (Phi) is 2.40. The van der Waals surface area contributed by atoms with Gasteiger partial charge in [-0.25, -0.2) is 0 Å². The predicted octanol–water partition coefficient (Wildman–Crippen LogP) is 2.68. The topological polar surface area (TPSA) is 34.1 Å². The van der Waals surface area contributed by atoms with Crippen molar-refractivity contribution < 1.29 is 9.59 Å². The van der Waals surface area contributed by atoms with Gasteiger partial charge in [0.05, 0.1) is 11.8 Å². The molecule has 86 valence electrons. The van der Waals surface area contributed by atoms with Crippen LogP contribution in [0.2, 0.25) is 0 Å². The SMILES string of the molecule is O=C1C(=O)[C@@H]2C=C(Cl)[C@H]1C[C@H]2c1ccccc1. The fraction of sp³-hybridized carbons (Fsp3) is 0.286. The van der Waals surface area contributed by atoms with Gasteiger partial charge in [-0.3, -0.25) is 9.59 Å². The van der Waals surface area contributed by atoms with Crippen LogP contribution in [0.1, 0.15) is 17.9 Å². The molecule has 0 heterocycles. The highest BCUT2D eigenvalue weighted by Gasteiger charge is 2.47. The van der Waals surface area contributed by atoms with Crippen LogP contribution in [-0.2, 0) is 9.59 Å². The Labute approximate surface area is 104 Å². The Hall–Kier alpha value is -1.41. The third-order valence-corrected chi connectivity index (χ3v) is 4.07. The number of ketones is 2. The quantitative estimate of drug-likeness (QED) is 0.714. The summed E-state index contributed by atoms with van der Waals surface area (Å²) in [6, 6.07) is 9.86. The highest BCUT2D eigenvalue weighted by atomic mass is 35.5. The zero-order chi connectivity index (χ0) is 12.0. The summed E-state index contributed by atoms with van der Waals surface area (Å²) in [6.07, 6.45) is 2.42. The van der Waals surface area contributed by atoms with Crippen LogP contribution in [-0.4, -0.2) is 11.6 Å². The minimum Gasteiger partial charge on any atom is -0.290 e. The van der Waals surface area contributed by atoms with Gasteiger partial charge in [-0.1, -0.05) is 48.0 Å². The van der Waals surface area contributed by atoms with Crippen molar-refractivity contribution in [1.82, 2.24) is 0 Å². The lowest BCUT2D eigenvalue weighted by molar-refractivity contribution is -0.143. The summed E-state index contributed by atoms with van der Waals surface area (Å²) in [6.45, 7) is 0. The van der Waals surface area contributed by atoms with Gasteiger partial charge >= 0.3 is 0 Å². The number of hydrogen-bond acceptors (Lipinski definition) is 2. The van der Waals surface area contributed by atoms with Crippen molar-refractivity contribution in [2.24, 2.45) is 11.8 Å². The van der Waals surface area contributed by atoms with Crippen molar-refractivity contribution in [1.29, 1.82) is 0 Å². The largest absolute Gasteiger partial charge is 0.290 e.